The molecule has 0 saturated heterocycles. The summed E-state index contributed by atoms with van der Waals surface area (Å²) in [5, 5.41) is 10.1. The molecule has 1 aromatic heterocycles. The third-order valence-corrected chi connectivity index (χ3v) is 4.14. The van der Waals surface area contributed by atoms with E-state index in [4.69, 9.17) is 11.6 Å². The summed E-state index contributed by atoms with van der Waals surface area (Å²) in [4.78, 5) is 0. The minimum atomic E-state index is 0.623. The van der Waals surface area contributed by atoms with Crippen LogP contribution in [0, 0.1) is 6.92 Å². The van der Waals surface area contributed by atoms with Gasteiger partial charge in [-0.1, -0.05) is 60.6 Å². The summed E-state index contributed by atoms with van der Waals surface area (Å²) in [6, 6.07) is 8.32. The molecule has 0 aliphatic heterocycles. The first kappa shape index (κ1) is 15.1. The van der Waals surface area contributed by atoms with Crippen molar-refractivity contribution in [2.24, 2.45) is 0 Å². The molecule has 0 N–H and O–H groups in total. The molecule has 0 spiro atoms. The fourth-order valence-electron chi connectivity index (χ4n) is 1.96. The lowest BCUT2D eigenvalue weighted by molar-refractivity contribution is 0.626. The largest absolute Gasteiger partial charge is 0.302 e. The van der Waals surface area contributed by atoms with Crippen molar-refractivity contribution < 1.29 is 0 Å². The molecule has 0 bridgehead atoms. The van der Waals surface area contributed by atoms with Gasteiger partial charge in [0.15, 0.2) is 11.0 Å². The van der Waals surface area contributed by atoms with Crippen LogP contribution in [0.1, 0.15) is 18.9 Å². The summed E-state index contributed by atoms with van der Waals surface area (Å²) in [5.74, 6) is 1.57. The van der Waals surface area contributed by atoms with E-state index >= 15 is 0 Å². The second-order valence-corrected chi connectivity index (χ2v) is 6.11. The van der Waals surface area contributed by atoms with Crippen molar-refractivity contribution in [2.45, 2.75) is 32.0 Å². The SMILES string of the molecule is C=C(Cl)CSc1nnc(-c2cccc(C)c2)n1CCC. The molecular weight excluding hydrogens is 290 g/mol. The molecule has 0 aliphatic carbocycles. The van der Waals surface area contributed by atoms with Gasteiger partial charge in [0, 0.05) is 22.9 Å². The lowest BCUT2D eigenvalue weighted by Crippen LogP contribution is -2.02. The predicted octanol–water partition coefficient (Wildman–Crippen LogP) is 4.51. The topological polar surface area (TPSA) is 30.7 Å². The third-order valence-electron chi connectivity index (χ3n) is 2.80. The Bertz CT molecular complexity index is 607. The van der Waals surface area contributed by atoms with Crippen molar-refractivity contribution in [3.8, 4) is 11.4 Å². The Morgan fingerprint density at radius 1 is 1.40 bits per heavy atom. The molecule has 0 aliphatic rings. The van der Waals surface area contributed by atoms with Crippen LogP contribution in [0.5, 0.6) is 0 Å². The van der Waals surface area contributed by atoms with Gasteiger partial charge in [-0.05, 0) is 19.4 Å². The monoisotopic (exact) mass is 307 g/mol. The first-order chi connectivity index (χ1) is 9.61. The highest BCUT2D eigenvalue weighted by Gasteiger charge is 2.13. The Morgan fingerprint density at radius 3 is 2.85 bits per heavy atom. The maximum atomic E-state index is 5.83. The van der Waals surface area contributed by atoms with E-state index in [1.165, 1.54) is 5.56 Å². The van der Waals surface area contributed by atoms with Crippen molar-refractivity contribution in [1.29, 1.82) is 0 Å². The van der Waals surface area contributed by atoms with E-state index in [1.54, 1.807) is 11.8 Å². The van der Waals surface area contributed by atoms with Crippen LogP contribution in [-0.4, -0.2) is 20.5 Å². The molecule has 0 radical (unpaired) electrons. The van der Waals surface area contributed by atoms with Crippen molar-refractivity contribution >= 4 is 23.4 Å². The van der Waals surface area contributed by atoms with Gasteiger partial charge in [0.2, 0.25) is 0 Å². The van der Waals surface area contributed by atoms with Crippen molar-refractivity contribution in [1.82, 2.24) is 14.8 Å². The second kappa shape index (κ2) is 6.95. The standard InChI is InChI=1S/C15H18ClN3S/c1-4-8-19-14(13-7-5-6-11(2)9-13)17-18-15(19)20-10-12(3)16/h5-7,9H,3-4,8,10H2,1-2H3. The van der Waals surface area contributed by atoms with E-state index in [1.807, 2.05) is 6.07 Å². The van der Waals surface area contributed by atoms with Gasteiger partial charge < -0.3 is 4.57 Å². The minimum Gasteiger partial charge on any atom is -0.302 e. The van der Waals surface area contributed by atoms with Crippen LogP contribution in [-0.2, 0) is 6.54 Å². The third kappa shape index (κ3) is 3.64. The van der Waals surface area contributed by atoms with Gasteiger partial charge >= 0.3 is 0 Å². The zero-order chi connectivity index (χ0) is 14.5. The summed E-state index contributed by atoms with van der Waals surface area (Å²) in [6.45, 7) is 8.83. The van der Waals surface area contributed by atoms with Crippen LogP contribution in [0.3, 0.4) is 0 Å². The zero-order valence-electron chi connectivity index (χ0n) is 11.8. The van der Waals surface area contributed by atoms with Gasteiger partial charge in [0.25, 0.3) is 0 Å². The average molecular weight is 308 g/mol. The molecule has 0 atom stereocenters. The Hall–Kier alpha value is -1.26. The molecule has 0 saturated carbocycles. The van der Waals surface area contributed by atoms with Gasteiger partial charge in [0.05, 0.1) is 0 Å². The van der Waals surface area contributed by atoms with Crippen LogP contribution < -0.4 is 0 Å². The first-order valence-electron chi connectivity index (χ1n) is 6.58. The molecule has 0 fully saturated rings. The number of hydrogen-bond acceptors (Lipinski definition) is 3. The van der Waals surface area contributed by atoms with E-state index in [-0.39, 0.29) is 0 Å². The predicted molar refractivity (Wildman–Crippen MR) is 86.2 cm³/mol. The smallest absolute Gasteiger partial charge is 0.191 e. The summed E-state index contributed by atoms with van der Waals surface area (Å²) in [5.41, 5.74) is 2.32. The zero-order valence-corrected chi connectivity index (χ0v) is 13.3. The van der Waals surface area contributed by atoms with E-state index in [0.717, 1.165) is 29.5 Å². The van der Waals surface area contributed by atoms with Gasteiger partial charge in [0.1, 0.15) is 0 Å². The molecule has 0 unspecified atom stereocenters. The highest BCUT2D eigenvalue weighted by molar-refractivity contribution is 7.99. The van der Waals surface area contributed by atoms with Crippen molar-refractivity contribution in [3.63, 3.8) is 0 Å². The Morgan fingerprint density at radius 2 is 2.20 bits per heavy atom. The Kier molecular flexibility index (Phi) is 5.26. The fourth-order valence-corrected chi connectivity index (χ4v) is 2.84. The highest BCUT2D eigenvalue weighted by Crippen LogP contribution is 2.26. The normalized spacial score (nSPS) is 10.8. The van der Waals surface area contributed by atoms with Gasteiger partial charge in [-0.3, -0.25) is 0 Å². The number of rotatable bonds is 6. The van der Waals surface area contributed by atoms with Crippen LogP contribution >= 0.6 is 23.4 Å². The lowest BCUT2D eigenvalue weighted by atomic mass is 10.1. The van der Waals surface area contributed by atoms with Crippen LogP contribution in [0.25, 0.3) is 11.4 Å². The number of halogens is 1. The van der Waals surface area contributed by atoms with Crippen LogP contribution in [0.2, 0.25) is 0 Å². The number of thioether (sulfide) groups is 1. The quantitative estimate of drug-likeness (QED) is 0.736. The summed E-state index contributed by atoms with van der Waals surface area (Å²) in [7, 11) is 0. The maximum absolute atomic E-state index is 5.83. The lowest BCUT2D eigenvalue weighted by Gasteiger charge is -2.09. The van der Waals surface area contributed by atoms with Gasteiger partial charge in [-0.2, -0.15) is 0 Å². The fraction of sp³-hybridized carbons (Fsp3) is 0.333. The molecule has 106 valence electrons. The number of aromatic nitrogens is 3. The van der Waals surface area contributed by atoms with Gasteiger partial charge in [-0.25, -0.2) is 0 Å². The summed E-state index contributed by atoms with van der Waals surface area (Å²) >= 11 is 7.40. The van der Waals surface area contributed by atoms with Crippen LogP contribution in [0.4, 0.5) is 0 Å². The number of aryl methyl sites for hydroxylation is 1. The summed E-state index contributed by atoms with van der Waals surface area (Å²) in [6.07, 6.45) is 1.03. The Balaban J connectivity index is 2.35. The number of nitrogens with zero attached hydrogens (tertiary/aromatic N) is 3. The van der Waals surface area contributed by atoms with Crippen LogP contribution in [0.15, 0.2) is 41.0 Å². The first-order valence-corrected chi connectivity index (χ1v) is 7.94. The minimum absolute atomic E-state index is 0.623. The summed E-state index contributed by atoms with van der Waals surface area (Å²) < 4.78 is 2.15. The number of hydrogen-bond donors (Lipinski definition) is 0. The highest BCUT2D eigenvalue weighted by atomic mass is 35.5. The van der Waals surface area contributed by atoms with E-state index in [9.17, 15) is 0 Å². The molecule has 1 heterocycles. The molecule has 20 heavy (non-hydrogen) atoms. The molecule has 2 aromatic rings. The molecular formula is C15H18ClN3S. The van der Waals surface area contributed by atoms with Crippen molar-refractivity contribution in [2.75, 3.05) is 5.75 Å². The Labute approximate surface area is 129 Å². The molecule has 3 nitrogen and oxygen atoms in total. The molecule has 1 aromatic carbocycles. The van der Waals surface area contributed by atoms with E-state index in [0.29, 0.717) is 10.8 Å². The molecule has 2 rings (SSSR count). The van der Waals surface area contributed by atoms with Crippen molar-refractivity contribution in [3.05, 3.63) is 41.4 Å². The molecule has 0 amide bonds. The molecule has 5 heteroatoms. The van der Waals surface area contributed by atoms with Gasteiger partial charge in [-0.15, -0.1) is 10.2 Å². The average Bonchev–Trinajstić information content (AvgIpc) is 2.80. The second-order valence-electron chi connectivity index (χ2n) is 4.63. The maximum Gasteiger partial charge on any atom is 0.191 e. The number of benzene rings is 1. The van der Waals surface area contributed by atoms with E-state index in [2.05, 4.69) is 53.4 Å². The van der Waals surface area contributed by atoms with E-state index < -0.39 is 0 Å².